The number of esters is 1. The first kappa shape index (κ1) is 25.8. The van der Waals surface area contributed by atoms with E-state index in [9.17, 15) is 4.79 Å². The zero-order valence-corrected chi connectivity index (χ0v) is 20.7. The van der Waals surface area contributed by atoms with Gasteiger partial charge in [0.25, 0.3) is 0 Å². The van der Waals surface area contributed by atoms with Crippen molar-refractivity contribution < 1.29 is 23.7 Å². The Balaban J connectivity index is 1.56. The first-order valence-corrected chi connectivity index (χ1v) is 12.5. The molecular weight excluding hydrogens is 452 g/mol. The van der Waals surface area contributed by atoms with E-state index in [2.05, 4.69) is 0 Å². The van der Waals surface area contributed by atoms with Crippen LogP contribution in [0.15, 0.2) is 103 Å². The van der Waals surface area contributed by atoms with Crippen LogP contribution in [-0.2, 0) is 43.6 Å². The van der Waals surface area contributed by atoms with Crippen molar-refractivity contribution in [3.8, 4) is 0 Å². The zero-order chi connectivity index (χ0) is 25.0. The quantitative estimate of drug-likeness (QED) is 0.236. The van der Waals surface area contributed by atoms with Gasteiger partial charge in [-0.25, -0.2) is 0 Å². The van der Waals surface area contributed by atoms with Crippen LogP contribution in [0.25, 0.3) is 0 Å². The van der Waals surface area contributed by atoms with E-state index >= 15 is 0 Å². The van der Waals surface area contributed by atoms with Gasteiger partial charge in [0, 0.05) is 5.92 Å². The average Bonchev–Trinajstić information content (AvgIpc) is 2.92. The minimum absolute atomic E-state index is 0.190. The Hall–Kier alpha value is -3.25. The number of carbonyl (C=O) groups excluding carboxylic acids is 1. The van der Waals surface area contributed by atoms with Gasteiger partial charge in [0.15, 0.2) is 0 Å². The smallest absolute Gasteiger partial charge is 0.306 e. The summed E-state index contributed by atoms with van der Waals surface area (Å²) in [5.74, 6) is -0.434. The third-order valence-corrected chi connectivity index (χ3v) is 6.18. The molecule has 3 aromatic rings. The maximum atomic E-state index is 12.4. The van der Waals surface area contributed by atoms with Crippen LogP contribution in [0, 0.1) is 5.92 Å². The molecule has 36 heavy (non-hydrogen) atoms. The summed E-state index contributed by atoms with van der Waals surface area (Å²) in [5.41, 5.74) is 3.21. The van der Waals surface area contributed by atoms with Crippen LogP contribution in [0.5, 0.6) is 0 Å². The lowest BCUT2D eigenvalue weighted by molar-refractivity contribution is -0.163. The molecule has 3 aromatic carbocycles. The molecule has 0 aromatic heterocycles. The summed E-state index contributed by atoms with van der Waals surface area (Å²) in [6.45, 7) is 3.45. The fourth-order valence-corrected chi connectivity index (χ4v) is 4.36. The standard InChI is InChI=1S/C31H34O5/c1-2-33-29(32)20-27-18-19-28(34-21-24-12-6-3-7-13-24)31(36-23-26-16-10-5-11-17-26)30(27)35-22-25-14-8-4-9-15-25/h3-19,27-28,30-31H,2,20-23H2,1H3/t27-,28+,30-,31-/m0/s1. The van der Waals surface area contributed by atoms with Gasteiger partial charge in [-0.15, -0.1) is 0 Å². The van der Waals surface area contributed by atoms with Crippen molar-refractivity contribution in [1.82, 2.24) is 0 Å². The number of carbonyl (C=O) groups is 1. The van der Waals surface area contributed by atoms with Crippen LogP contribution < -0.4 is 0 Å². The monoisotopic (exact) mass is 486 g/mol. The second kappa shape index (κ2) is 13.7. The Bertz CT molecular complexity index is 1070. The minimum atomic E-state index is -0.401. The van der Waals surface area contributed by atoms with Gasteiger partial charge >= 0.3 is 5.97 Å². The molecule has 1 aliphatic carbocycles. The lowest BCUT2D eigenvalue weighted by Crippen LogP contribution is -2.48. The summed E-state index contributed by atoms with van der Waals surface area (Å²) in [6.07, 6.45) is 3.13. The third kappa shape index (κ3) is 7.62. The van der Waals surface area contributed by atoms with Crippen LogP contribution in [0.2, 0.25) is 0 Å². The van der Waals surface area contributed by atoms with Crippen LogP contribution in [0.1, 0.15) is 30.0 Å². The lowest BCUT2D eigenvalue weighted by atomic mass is 9.85. The van der Waals surface area contributed by atoms with E-state index in [-0.39, 0.29) is 30.5 Å². The van der Waals surface area contributed by atoms with Gasteiger partial charge in [-0.3, -0.25) is 4.79 Å². The molecular formula is C31H34O5. The number of hydrogen-bond acceptors (Lipinski definition) is 5. The van der Waals surface area contributed by atoms with E-state index in [1.54, 1.807) is 0 Å². The number of benzene rings is 3. The second-order valence-corrected chi connectivity index (χ2v) is 8.84. The summed E-state index contributed by atoms with van der Waals surface area (Å²) < 4.78 is 24.6. The molecule has 5 heteroatoms. The molecule has 0 unspecified atom stereocenters. The first-order valence-electron chi connectivity index (χ1n) is 12.5. The normalized spacial score (nSPS) is 21.2. The second-order valence-electron chi connectivity index (χ2n) is 8.84. The molecule has 0 heterocycles. The Morgan fingerprint density at radius 1 is 0.639 bits per heavy atom. The van der Waals surface area contributed by atoms with E-state index < -0.39 is 6.10 Å². The average molecular weight is 487 g/mol. The van der Waals surface area contributed by atoms with E-state index in [4.69, 9.17) is 18.9 Å². The van der Waals surface area contributed by atoms with E-state index in [1.807, 2.05) is 110 Å². The first-order chi connectivity index (χ1) is 17.7. The highest BCUT2D eigenvalue weighted by molar-refractivity contribution is 5.70. The topological polar surface area (TPSA) is 54.0 Å². The SMILES string of the molecule is CCOC(=O)C[C@@H]1C=C[C@@H](OCc2ccccc2)[C@H](OCc2ccccc2)[C@H]1OCc1ccccc1. The highest BCUT2D eigenvalue weighted by atomic mass is 16.6. The summed E-state index contributed by atoms with van der Waals surface area (Å²) in [7, 11) is 0. The Morgan fingerprint density at radius 2 is 1.11 bits per heavy atom. The highest BCUT2D eigenvalue weighted by Crippen LogP contribution is 2.31. The van der Waals surface area contributed by atoms with Crippen LogP contribution in [0.4, 0.5) is 0 Å². The van der Waals surface area contributed by atoms with Gasteiger partial charge in [0.2, 0.25) is 0 Å². The van der Waals surface area contributed by atoms with Crippen LogP contribution in [0.3, 0.4) is 0 Å². The third-order valence-electron chi connectivity index (χ3n) is 6.18. The molecule has 0 bridgehead atoms. The van der Waals surface area contributed by atoms with Crippen molar-refractivity contribution in [3.05, 3.63) is 120 Å². The van der Waals surface area contributed by atoms with Crippen molar-refractivity contribution in [1.29, 1.82) is 0 Å². The largest absolute Gasteiger partial charge is 0.466 e. The number of rotatable bonds is 12. The molecule has 1 aliphatic rings. The fourth-order valence-electron chi connectivity index (χ4n) is 4.36. The summed E-state index contributed by atoms with van der Waals surface area (Å²) >= 11 is 0. The molecule has 4 rings (SSSR count). The van der Waals surface area contributed by atoms with Crippen molar-refractivity contribution in [2.75, 3.05) is 6.61 Å². The van der Waals surface area contributed by atoms with E-state index in [0.29, 0.717) is 26.4 Å². The van der Waals surface area contributed by atoms with E-state index in [0.717, 1.165) is 16.7 Å². The molecule has 0 radical (unpaired) electrons. The molecule has 0 aliphatic heterocycles. The Morgan fingerprint density at radius 3 is 1.61 bits per heavy atom. The lowest BCUT2D eigenvalue weighted by Gasteiger charge is -2.39. The van der Waals surface area contributed by atoms with Gasteiger partial charge in [0.05, 0.1) is 39.0 Å². The van der Waals surface area contributed by atoms with Gasteiger partial charge in [-0.2, -0.15) is 0 Å². The number of hydrogen-bond donors (Lipinski definition) is 0. The van der Waals surface area contributed by atoms with Crippen molar-refractivity contribution >= 4 is 5.97 Å². The van der Waals surface area contributed by atoms with E-state index in [1.165, 1.54) is 0 Å². The van der Waals surface area contributed by atoms with Crippen molar-refractivity contribution in [3.63, 3.8) is 0 Å². The Kier molecular flexibility index (Phi) is 9.86. The predicted octanol–water partition coefficient (Wildman–Crippen LogP) is 5.88. The number of ether oxygens (including phenoxy) is 4. The maximum absolute atomic E-state index is 12.4. The van der Waals surface area contributed by atoms with Crippen molar-refractivity contribution in [2.45, 2.75) is 51.5 Å². The molecule has 0 spiro atoms. The molecule has 188 valence electrons. The summed E-state index contributed by atoms with van der Waals surface area (Å²) in [5, 5.41) is 0. The minimum Gasteiger partial charge on any atom is -0.466 e. The van der Waals surface area contributed by atoms with Crippen molar-refractivity contribution in [2.24, 2.45) is 5.92 Å². The summed E-state index contributed by atoms with van der Waals surface area (Å²) in [6, 6.07) is 30.1. The summed E-state index contributed by atoms with van der Waals surface area (Å²) in [4.78, 5) is 12.4. The predicted molar refractivity (Wildman–Crippen MR) is 139 cm³/mol. The molecule has 0 fully saturated rings. The van der Waals surface area contributed by atoms with Gasteiger partial charge < -0.3 is 18.9 Å². The highest BCUT2D eigenvalue weighted by Gasteiger charge is 2.40. The molecule has 5 nitrogen and oxygen atoms in total. The molecule has 4 atom stereocenters. The van der Waals surface area contributed by atoms with Crippen LogP contribution >= 0.6 is 0 Å². The van der Waals surface area contributed by atoms with Gasteiger partial charge in [-0.05, 0) is 23.6 Å². The molecule has 0 saturated carbocycles. The molecule has 0 amide bonds. The maximum Gasteiger partial charge on any atom is 0.306 e. The molecule has 0 N–H and O–H groups in total. The zero-order valence-electron chi connectivity index (χ0n) is 20.7. The molecule has 0 saturated heterocycles. The van der Waals surface area contributed by atoms with Gasteiger partial charge in [-0.1, -0.05) is 103 Å². The van der Waals surface area contributed by atoms with Gasteiger partial charge in [0.1, 0.15) is 12.2 Å². The van der Waals surface area contributed by atoms with Crippen LogP contribution in [-0.4, -0.2) is 30.9 Å². The fraction of sp³-hybridized carbons (Fsp3) is 0.323. The Labute approximate surface area is 213 Å².